The zero-order valence-electron chi connectivity index (χ0n) is 16.2. The molecule has 2 aromatic carbocycles. The molecule has 3 rings (SSSR count). The Bertz CT molecular complexity index is 1100. The highest BCUT2D eigenvalue weighted by Crippen LogP contribution is 2.36. The molecule has 9 nitrogen and oxygen atoms in total. The van der Waals surface area contributed by atoms with Crippen LogP contribution in [0.15, 0.2) is 35.2 Å². The Kier molecular flexibility index (Phi) is 6.37. The van der Waals surface area contributed by atoms with E-state index in [4.69, 9.17) is 25.8 Å². The summed E-state index contributed by atoms with van der Waals surface area (Å²) in [6, 6.07) is 7.11. The predicted molar refractivity (Wildman–Crippen MR) is 110 cm³/mol. The molecule has 0 saturated carbocycles. The second-order valence-corrected chi connectivity index (χ2v) is 8.82. The highest BCUT2D eigenvalue weighted by atomic mass is 35.5. The molecule has 1 aliphatic rings. The fourth-order valence-corrected chi connectivity index (χ4v) is 4.27. The summed E-state index contributed by atoms with van der Waals surface area (Å²) in [7, 11) is -0.914. The molecule has 0 spiro atoms. The first-order valence-electron chi connectivity index (χ1n) is 8.74. The molecule has 0 aliphatic carbocycles. The van der Waals surface area contributed by atoms with E-state index in [-0.39, 0.29) is 34.5 Å². The highest BCUT2D eigenvalue weighted by Gasteiger charge is 2.22. The molecule has 2 N–H and O–H groups in total. The average molecular weight is 455 g/mol. The smallest absolute Gasteiger partial charge is 0.262 e. The lowest BCUT2D eigenvalue weighted by molar-refractivity contribution is -0.118. The van der Waals surface area contributed by atoms with Crippen LogP contribution in [0.1, 0.15) is 6.42 Å². The van der Waals surface area contributed by atoms with E-state index >= 15 is 0 Å². The maximum absolute atomic E-state index is 12.6. The van der Waals surface area contributed by atoms with Gasteiger partial charge in [0.05, 0.1) is 41.3 Å². The molecule has 0 unspecified atom stereocenters. The van der Waals surface area contributed by atoms with Crippen LogP contribution >= 0.6 is 11.6 Å². The van der Waals surface area contributed by atoms with Crippen LogP contribution in [0.5, 0.6) is 17.2 Å². The summed E-state index contributed by atoms with van der Waals surface area (Å²) < 4.78 is 40.8. The third-order valence-electron chi connectivity index (χ3n) is 4.29. The quantitative estimate of drug-likeness (QED) is 0.659. The van der Waals surface area contributed by atoms with Crippen molar-refractivity contribution in [3.63, 3.8) is 0 Å². The van der Waals surface area contributed by atoms with Crippen LogP contribution in [-0.4, -0.2) is 46.8 Å². The van der Waals surface area contributed by atoms with Gasteiger partial charge in [0.15, 0.2) is 16.4 Å². The summed E-state index contributed by atoms with van der Waals surface area (Å²) >= 11 is 6.07. The SMILES string of the molecule is COc1cc(OC)c(NC(=O)CCS(=O)(=O)c2ccc3c(c2)NC(=O)CO3)cc1Cl. The van der Waals surface area contributed by atoms with Crippen LogP contribution in [-0.2, 0) is 19.4 Å². The van der Waals surface area contributed by atoms with Crippen molar-refractivity contribution in [3.05, 3.63) is 35.4 Å². The Morgan fingerprint density at radius 3 is 2.63 bits per heavy atom. The minimum atomic E-state index is -3.78. The van der Waals surface area contributed by atoms with Crippen molar-refractivity contribution in [3.8, 4) is 17.2 Å². The monoisotopic (exact) mass is 454 g/mol. The number of carbonyl (C=O) groups excluding carboxylic acids is 2. The van der Waals surface area contributed by atoms with E-state index < -0.39 is 21.5 Å². The molecule has 1 heterocycles. The summed E-state index contributed by atoms with van der Waals surface area (Å²) in [5, 5.41) is 5.40. The molecule has 0 radical (unpaired) electrons. The Labute approximate surface area is 178 Å². The molecule has 0 atom stereocenters. The van der Waals surface area contributed by atoms with Crippen LogP contribution in [0, 0.1) is 0 Å². The number of fused-ring (bicyclic) bond motifs is 1. The van der Waals surface area contributed by atoms with E-state index in [0.29, 0.717) is 22.9 Å². The maximum Gasteiger partial charge on any atom is 0.262 e. The fraction of sp³-hybridized carbons (Fsp3) is 0.263. The largest absolute Gasteiger partial charge is 0.495 e. The lowest BCUT2D eigenvalue weighted by atomic mass is 10.2. The van der Waals surface area contributed by atoms with E-state index in [2.05, 4.69) is 10.6 Å². The number of amides is 2. The number of sulfone groups is 1. The van der Waals surface area contributed by atoms with Crippen molar-refractivity contribution >= 4 is 44.6 Å². The Hall–Kier alpha value is -2.98. The van der Waals surface area contributed by atoms with Crippen molar-refractivity contribution in [2.24, 2.45) is 0 Å². The van der Waals surface area contributed by atoms with Crippen LogP contribution in [0.25, 0.3) is 0 Å². The Balaban J connectivity index is 1.69. The number of hydrogen-bond donors (Lipinski definition) is 2. The molecule has 11 heteroatoms. The van der Waals surface area contributed by atoms with Crippen molar-refractivity contribution in [2.45, 2.75) is 11.3 Å². The molecular formula is C19H19ClN2O7S. The average Bonchev–Trinajstić information content (AvgIpc) is 2.72. The number of methoxy groups -OCH3 is 2. The first-order chi connectivity index (χ1) is 14.2. The van der Waals surface area contributed by atoms with Gasteiger partial charge >= 0.3 is 0 Å². The number of ether oxygens (including phenoxy) is 3. The van der Waals surface area contributed by atoms with Crippen molar-refractivity contribution < 1.29 is 32.2 Å². The number of benzene rings is 2. The van der Waals surface area contributed by atoms with E-state index in [9.17, 15) is 18.0 Å². The number of halogens is 1. The number of hydrogen-bond acceptors (Lipinski definition) is 7. The summed E-state index contributed by atoms with van der Waals surface area (Å²) in [5.41, 5.74) is 0.564. The Morgan fingerprint density at radius 1 is 1.20 bits per heavy atom. The van der Waals surface area contributed by atoms with E-state index in [1.165, 1.54) is 44.6 Å². The second kappa shape index (κ2) is 8.80. The molecule has 2 aromatic rings. The summed E-state index contributed by atoms with van der Waals surface area (Å²) in [5.74, 6) is -0.264. The minimum Gasteiger partial charge on any atom is -0.495 e. The van der Waals surface area contributed by atoms with Gasteiger partial charge in [-0.15, -0.1) is 0 Å². The van der Waals surface area contributed by atoms with Gasteiger partial charge in [0, 0.05) is 12.5 Å². The molecule has 1 aliphatic heterocycles. The molecular weight excluding hydrogens is 436 g/mol. The lowest BCUT2D eigenvalue weighted by Crippen LogP contribution is -2.25. The normalized spacial score (nSPS) is 13.0. The van der Waals surface area contributed by atoms with Gasteiger partial charge in [-0.05, 0) is 24.3 Å². The zero-order chi connectivity index (χ0) is 21.9. The lowest BCUT2D eigenvalue weighted by Gasteiger charge is -2.18. The molecule has 0 aromatic heterocycles. The summed E-state index contributed by atoms with van der Waals surface area (Å²) in [4.78, 5) is 23.7. The zero-order valence-corrected chi connectivity index (χ0v) is 17.7. The van der Waals surface area contributed by atoms with Crippen molar-refractivity contribution in [1.82, 2.24) is 0 Å². The van der Waals surface area contributed by atoms with Crippen LogP contribution in [0.3, 0.4) is 0 Å². The maximum atomic E-state index is 12.6. The molecule has 30 heavy (non-hydrogen) atoms. The van der Waals surface area contributed by atoms with Gasteiger partial charge in [-0.3, -0.25) is 9.59 Å². The third kappa shape index (κ3) is 4.77. The van der Waals surface area contributed by atoms with Crippen molar-refractivity contribution in [1.29, 1.82) is 0 Å². The van der Waals surface area contributed by atoms with Crippen LogP contribution < -0.4 is 24.8 Å². The van der Waals surface area contributed by atoms with E-state index in [1.54, 1.807) is 0 Å². The van der Waals surface area contributed by atoms with Crippen molar-refractivity contribution in [2.75, 3.05) is 37.2 Å². The second-order valence-electron chi connectivity index (χ2n) is 6.30. The van der Waals surface area contributed by atoms with Gasteiger partial charge in [0.2, 0.25) is 5.91 Å². The first kappa shape index (κ1) is 21.7. The number of anilines is 2. The first-order valence-corrected chi connectivity index (χ1v) is 10.8. The Morgan fingerprint density at radius 2 is 1.93 bits per heavy atom. The number of rotatable bonds is 7. The van der Waals surface area contributed by atoms with Gasteiger partial charge in [-0.2, -0.15) is 0 Å². The third-order valence-corrected chi connectivity index (χ3v) is 6.30. The summed E-state index contributed by atoms with van der Waals surface area (Å²) in [6.45, 7) is -0.127. The molecule has 2 amide bonds. The van der Waals surface area contributed by atoms with Gasteiger partial charge in [0.25, 0.3) is 5.91 Å². The van der Waals surface area contributed by atoms with Crippen LogP contribution in [0.2, 0.25) is 5.02 Å². The van der Waals surface area contributed by atoms with Gasteiger partial charge < -0.3 is 24.8 Å². The summed E-state index contributed by atoms with van der Waals surface area (Å²) in [6.07, 6.45) is -0.297. The topological polar surface area (TPSA) is 120 Å². The van der Waals surface area contributed by atoms with Gasteiger partial charge in [0.1, 0.15) is 17.2 Å². The van der Waals surface area contributed by atoms with E-state index in [1.807, 2.05) is 0 Å². The van der Waals surface area contributed by atoms with E-state index in [0.717, 1.165) is 0 Å². The molecule has 0 saturated heterocycles. The molecule has 0 bridgehead atoms. The standard InChI is InChI=1S/C19H19ClN2O7S/c1-27-16-9-17(28-2)14(8-12(16)20)21-18(23)5-6-30(25,26)11-3-4-15-13(7-11)22-19(24)10-29-15/h3-4,7-9H,5-6,10H2,1-2H3,(H,21,23)(H,22,24). The fourth-order valence-electron chi connectivity index (χ4n) is 2.77. The minimum absolute atomic E-state index is 0.0232. The molecule has 0 fully saturated rings. The van der Waals surface area contributed by atoms with Crippen LogP contribution in [0.4, 0.5) is 11.4 Å². The molecule has 160 valence electrons. The highest BCUT2D eigenvalue weighted by molar-refractivity contribution is 7.91. The van der Waals surface area contributed by atoms with Gasteiger partial charge in [-0.1, -0.05) is 11.6 Å². The van der Waals surface area contributed by atoms with Gasteiger partial charge in [-0.25, -0.2) is 8.42 Å². The number of nitrogens with one attached hydrogen (secondary N) is 2. The number of carbonyl (C=O) groups is 2. The predicted octanol–water partition coefficient (Wildman–Crippen LogP) is 2.49.